The second kappa shape index (κ2) is 11.1. The van der Waals surface area contributed by atoms with Crippen molar-refractivity contribution in [3.05, 3.63) is 76.9 Å². The molecule has 0 spiro atoms. The molecule has 5 N–H and O–H groups in total. The van der Waals surface area contributed by atoms with E-state index >= 15 is 0 Å². The molecule has 1 aliphatic carbocycles. The first-order chi connectivity index (χ1) is 17.6. The van der Waals surface area contributed by atoms with E-state index < -0.39 is 70.4 Å². The van der Waals surface area contributed by atoms with E-state index in [2.05, 4.69) is 9.50 Å². The molecule has 0 saturated heterocycles. The number of hydrogen-bond acceptors (Lipinski definition) is 11. The maximum Gasteiger partial charge on any atom is 0.397 e. The summed E-state index contributed by atoms with van der Waals surface area (Å²) in [5.41, 5.74) is 4.35. The summed E-state index contributed by atoms with van der Waals surface area (Å²) in [6, 6.07) is 11.6. The Labute approximate surface area is 245 Å². The van der Waals surface area contributed by atoms with E-state index in [0.717, 1.165) is 12.1 Å². The molecule has 0 bridgehead atoms. The number of sulfone groups is 1. The van der Waals surface area contributed by atoms with E-state index in [9.17, 15) is 39.4 Å². The summed E-state index contributed by atoms with van der Waals surface area (Å²) in [5.74, 6) is -2.24. The Morgan fingerprint density at radius 1 is 0.821 bits per heavy atom. The molecule has 0 saturated carbocycles. The van der Waals surface area contributed by atoms with E-state index in [1.807, 2.05) is 0 Å². The summed E-state index contributed by atoms with van der Waals surface area (Å²) >= 11 is 0. The molecule has 0 fully saturated rings. The largest absolute Gasteiger partial charge is 0.397 e. The molecule has 0 amide bonds. The van der Waals surface area contributed by atoms with Crippen LogP contribution in [-0.4, -0.2) is 87.8 Å². The van der Waals surface area contributed by atoms with Crippen LogP contribution in [-0.2, 0) is 34.5 Å². The zero-order chi connectivity index (χ0) is 28.0. The Balaban J connectivity index is 0.00000420. The van der Waals surface area contributed by atoms with Gasteiger partial charge in [-0.3, -0.25) is 18.7 Å². The van der Waals surface area contributed by atoms with E-state index in [0.29, 0.717) is 0 Å². The molecule has 17 heteroatoms. The van der Waals surface area contributed by atoms with Crippen LogP contribution in [0.2, 0.25) is 0 Å². The molecular weight excluding hydrogens is 587 g/mol. The van der Waals surface area contributed by atoms with Crippen LogP contribution < -0.4 is 11.1 Å². The molecule has 0 heterocycles. The molecule has 0 aromatic heterocycles. The van der Waals surface area contributed by atoms with Crippen LogP contribution in [0, 0.1) is 0 Å². The maximum absolute atomic E-state index is 13.4. The predicted octanol–water partition coefficient (Wildman–Crippen LogP) is 1.25. The first kappa shape index (κ1) is 30.9. The monoisotopic (exact) mass is 605 g/mol. The SMILES string of the molecule is Nc1c(S(=O)(=O)O)cc(Nc2cccc(S(=O)(=O)CCOS(=O)(=O)O)c2)c2c1C(=O)c1ccccc1C2=O.[Na]. The van der Waals surface area contributed by atoms with Crippen molar-refractivity contribution in [1.82, 2.24) is 0 Å². The molecule has 39 heavy (non-hydrogen) atoms. The molecule has 1 radical (unpaired) electrons. The zero-order valence-electron chi connectivity index (χ0n) is 20.0. The summed E-state index contributed by atoms with van der Waals surface area (Å²) in [5, 5.41) is 2.71. The van der Waals surface area contributed by atoms with Gasteiger partial charge in [0.2, 0.25) is 0 Å². The maximum atomic E-state index is 13.4. The average molecular weight is 606 g/mol. The summed E-state index contributed by atoms with van der Waals surface area (Å²) in [6.07, 6.45) is 0. The molecule has 1 aliphatic rings. The number of hydrogen-bond donors (Lipinski definition) is 4. The minimum Gasteiger partial charge on any atom is -0.397 e. The van der Waals surface area contributed by atoms with Crippen molar-refractivity contribution < 1.29 is 48.1 Å². The first-order valence-corrected chi connectivity index (χ1v) is 14.9. The topological polar surface area (TPSA) is 224 Å². The normalized spacial score (nSPS) is 13.3. The quantitative estimate of drug-likeness (QED) is 0.126. The Morgan fingerprint density at radius 3 is 1.97 bits per heavy atom. The van der Waals surface area contributed by atoms with Crippen LogP contribution in [0.15, 0.2) is 64.4 Å². The van der Waals surface area contributed by atoms with Gasteiger partial charge < -0.3 is 11.1 Å². The molecule has 4 rings (SSSR count). The van der Waals surface area contributed by atoms with Gasteiger partial charge in [0, 0.05) is 46.4 Å². The summed E-state index contributed by atoms with van der Waals surface area (Å²) in [4.78, 5) is 25.4. The van der Waals surface area contributed by atoms with Gasteiger partial charge in [-0.2, -0.15) is 16.8 Å². The fourth-order valence-electron chi connectivity index (χ4n) is 3.90. The smallest absolute Gasteiger partial charge is 0.397 e. The van der Waals surface area contributed by atoms with Gasteiger partial charge in [0.05, 0.1) is 39.8 Å². The number of nitrogens with two attached hydrogens (primary N) is 1. The van der Waals surface area contributed by atoms with Crippen molar-refractivity contribution in [2.24, 2.45) is 0 Å². The number of nitrogens with one attached hydrogen (secondary N) is 1. The summed E-state index contributed by atoms with van der Waals surface area (Å²) in [6.45, 7) is -0.863. The van der Waals surface area contributed by atoms with Crippen molar-refractivity contribution in [2.45, 2.75) is 9.79 Å². The van der Waals surface area contributed by atoms with Crippen LogP contribution in [0.1, 0.15) is 31.8 Å². The number of carbonyl (C=O) groups is 2. The van der Waals surface area contributed by atoms with Crippen LogP contribution in [0.3, 0.4) is 0 Å². The van der Waals surface area contributed by atoms with Gasteiger partial charge in [0.25, 0.3) is 10.1 Å². The van der Waals surface area contributed by atoms with Gasteiger partial charge in [0.1, 0.15) is 4.90 Å². The molecule has 13 nitrogen and oxygen atoms in total. The van der Waals surface area contributed by atoms with Crippen molar-refractivity contribution in [1.29, 1.82) is 0 Å². The number of nitrogen functional groups attached to an aromatic ring is 1. The Bertz CT molecular complexity index is 1840. The minimum atomic E-state index is -4.96. The second-order valence-electron chi connectivity index (χ2n) is 7.99. The fraction of sp³-hybridized carbons (Fsp3) is 0.0909. The number of rotatable bonds is 8. The van der Waals surface area contributed by atoms with Crippen molar-refractivity contribution >= 4 is 88.5 Å². The molecule has 0 unspecified atom stereocenters. The van der Waals surface area contributed by atoms with Crippen molar-refractivity contribution in [3.8, 4) is 0 Å². The molecule has 201 valence electrons. The van der Waals surface area contributed by atoms with Gasteiger partial charge in [-0.25, -0.2) is 12.6 Å². The van der Waals surface area contributed by atoms with Gasteiger partial charge in [-0.15, -0.1) is 0 Å². The van der Waals surface area contributed by atoms with E-state index in [1.165, 1.54) is 42.5 Å². The average Bonchev–Trinajstić information content (AvgIpc) is 2.82. The van der Waals surface area contributed by atoms with E-state index in [1.54, 1.807) is 0 Å². The fourth-order valence-corrected chi connectivity index (χ4v) is 6.07. The Hall–Kier alpha value is -2.67. The Morgan fingerprint density at radius 2 is 1.41 bits per heavy atom. The Kier molecular flexibility index (Phi) is 8.76. The molecular formula is C22H18N2NaO11S3. The van der Waals surface area contributed by atoms with Gasteiger partial charge in [-0.1, -0.05) is 30.3 Å². The van der Waals surface area contributed by atoms with Crippen LogP contribution in [0.5, 0.6) is 0 Å². The summed E-state index contributed by atoms with van der Waals surface area (Å²) in [7, 11) is -13.9. The van der Waals surface area contributed by atoms with Crippen molar-refractivity contribution in [3.63, 3.8) is 0 Å². The number of fused-ring (bicyclic) bond motifs is 2. The van der Waals surface area contributed by atoms with Crippen LogP contribution >= 0.6 is 0 Å². The van der Waals surface area contributed by atoms with Crippen molar-refractivity contribution in [2.75, 3.05) is 23.4 Å². The summed E-state index contributed by atoms with van der Waals surface area (Å²) < 4.78 is 93.0. The number of ketones is 2. The van der Waals surface area contributed by atoms with Gasteiger partial charge >= 0.3 is 10.4 Å². The van der Waals surface area contributed by atoms with E-state index in [-0.39, 0.29) is 62.5 Å². The standard InChI is InChI=1S/C22H18N2O11S3.Na/c23-20-17(37(29,30)31)11-16(18-19(20)22(26)15-7-2-1-6-14(15)21(18)25)24-12-4-3-5-13(10-12)36(27,28)9-8-35-38(32,33)34;/h1-7,10-11,24H,8-9,23H2,(H,29,30,31)(H,32,33,34);. The molecule has 3 aromatic rings. The van der Waals surface area contributed by atoms with Crippen LogP contribution in [0.25, 0.3) is 0 Å². The van der Waals surface area contributed by atoms with Gasteiger partial charge in [0.15, 0.2) is 21.4 Å². The molecule has 3 aromatic carbocycles. The minimum absolute atomic E-state index is 0. The third kappa shape index (κ3) is 6.40. The van der Waals surface area contributed by atoms with Crippen LogP contribution in [0.4, 0.5) is 17.1 Å². The predicted molar refractivity (Wildman–Crippen MR) is 139 cm³/mol. The zero-order valence-corrected chi connectivity index (χ0v) is 24.4. The molecule has 0 aliphatic heterocycles. The molecule has 0 atom stereocenters. The first-order valence-electron chi connectivity index (χ1n) is 10.4. The third-order valence-electron chi connectivity index (χ3n) is 5.53. The van der Waals surface area contributed by atoms with Gasteiger partial charge in [-0.05, 0) is 24.3 Å². The number of benzene rings is 3. The van der Waals surface area contributed by atoms with E-state index in [4.69, 9.17) is 10.3 Å². The number of carbonyl (C=O) groups excluding carboxylic acids is 2. The number of anilines is 3. The second-order valence-corrected chi connectivity index (χ2v) is 12.6. The third-order valence-corrected chi connectivity index (χ3v) is 8.57.